The van der Waals surface area contributed by atoms with Gasteiger partial charge in [0.15, 0.2) is 11.6 Å². The zero-order chi connectivity index (χ0) is 23.8. The molecule has 1 fully saturated rings. The third kappa shape index (κ3) is 6.21. The number of hydrogen-bond acceptors (Lipinski definition) is 4. The Bertz CT molecular complexity index is 1000. The van der Waals surface area contributed by atoms with Crippen LogP contribution < -0.4 is 4.74 Å². The summed E-state index contributed by atoms with van der Waals surface area (Å²) in [7, 11) is 1.67. The van der Waals surface area contributed by atoms with Gasteiger partial charge in [-0.25, -0.2) is 0 Å². The topological polar surface area (TPSA) is 46.6 Å². The number of piperidine rings is 1. The molecule has 0 radical (unpaired) electrons. The maximum absolute atomic E-state index is 13.0. The number of likely N-dealkylation sites (tertiary alicyclic amines) is 1. The predicted molar refractivity (Wildman–Crippen MR) is 136 cm³/mol. The quantitative estimate of drug-likeness (QED) is 0.352. The van der Waals surface area contributed by atoms with Gasteiger partial charge in [0.2, 0.25) is 0 Å². The highest BCUT2D eigenvalue weighted by atomic mass is 16.5. The molecule has 0 N–H and O–H groups in total. The number of hydrogen-bond donors (Lipinski definition) is 0. The normalized spacial score (nSPS) is 18.4. The van der Waals surface area contributed by atoms with Gasteiger partial charge in [0, 0.05) is 42.6 Å². The summed E-state index contributed by atoms with van der Waals surface area (Å²) in [6.07, 6.45) is 4.86. The van der Waals surface area contributed by atoms with Crippen molar-refractivity contribution in [1.82, 2.24) is 4.90 Å². The number of benzene rings is 3. The molecular formula is C30H33NO3. The van der Waals surface area contributed by atoms with Gasteiger partial charge < -0.3 is 4.74 Å². The van der Waals surface area contributed by atoms with Crippen LogP contribution in [0.2, 0.25) is 0 Å². The summed E-state index contributed by atoms with van der Waals surface area (Å²) in [5.74, 6) is 1.20. The molecule has 0 spiro atoms. The lowest BCUT2D eigenvalue weighted by atomic mass is 9.87. The van der Waals surface area contributed by atoms with Crippen LogP contribution in [-0.2, 0) is 6.42 Å². The Labute approximate surface area is 202 Å². The minimum Gasteiger partial charge on any atom is -0.497 e. The van der Waals surface area contributed by atoms with Crippen LogP contribution in [0, 0.1) is 0 Å². The van der Waals surface area contributed by atoms with E-state index in [0.29, 0.717) is 12.8 Å². The lowest BCUT2D eigenvalue weighted by molar-refractivity contribution is 0.0596. The summed E-state index contributed by atoms with van der Waals surface area (Å²) in [5, 5.41) is 0. The summed E-state index contributed by atoms with van der Waals surface area (Å²) in [4.78, 5) is 28.5. The zero-order valence-corrected chi connectivity index (χ0v) is 19.9. The van der Waals surface area contributed by atoms with Crippen molar-refractivity contribution in [3.63, 3.8) is 0 Å². The summed E-state index contributed by atoms with van der Waals surface area (Å²) in [5.41, 5.74) is 2.76. The van der Waals surface area contributed by atoms with E-state index in [1.807, 2.05) is 72.8 Å². The predicted octanol–water partition coefficient (Wildman–Crippen LogP) is 6.01. The highest BCUT2D eigenvalue weighted by Crippen LogP contribution is 2.29. The standard InChI is InChI=1S/C30H33NO3/c1-34-28-17-15-23(16-18-28)19-20-31-26(21-29(32)24-9-4-2-5-10-24)13-8-14-27(31)22-30(33)25-11-6-3-7-12-25/h2-7,9-12,15-18,26-27H,8,13-14,19-22H2,1H3/t26-,27+. The first-order valence-electron chi connectivity index (χ1n) is 12.2. The fourth-order valence-corrected chi connectivity index (χ4v) is 4.98. The van der Waals surface area contributed by atoms with Crippen LogP contribution in [0.1, 0.15) is 58.4 Å². The van der Waals surface area contributed by atoms with Crippen LogP contribution >= 0.6 is 0 Å². The molecule has 1 saturated heterocycles. The summed E-state index contributed by atoms with van der Waals surface area (Å²) < 4.78 is 5.28. The van der Waals surface area contributed by atoms with Crippen LogP contribution in [0.3, 0.4) is 0 Å². The van der Waals surface area contributed by atoms with E-state index in [1.54, 1.807) is 7.11 Å². The van der Waals surface area contributed by atoms with Crippen LogP contribution in [0.4, 0.5) is 0 Å². The first kappa shape index (κ1) is 23.9. The van der Waals surface area contributed by atoms with E-state index in [9.17, 15) is 9.59 Å². The molecule has 176 valence electrons. The van der Waals surface area contributed by atoms with E-state index in [-0.39, 0.29) is 23.7 Å². The molecule has 4 nitrogen and oxygen atoms in total. The third-order valence-corrected chi connectivity index (χ3v) is 6.86. The summed E-state index contributed by atoms with van der Waals surface area (Å²) in [6, 6.07) is 27.5. The van der Waals surface area contributed by atoms with E-state index in [4.69, 9.17) is 4.74 Å². The molecule has 0 aliphatic carbocycles. The molecule has 0 unspecified atom stereocenters. The van der Waals surface area contributed by atoms with E-state index in [2.05, 4.69) is 17.0 Å². The number of nitrogens with zero attached hydrogens (tertiary/aromatic N) is 1. The van der Waals surface area contributed by atoms with Gasteiger partial charge in [0.05, 0.1) is 7.11 Å². The molecule has 0 amide bonds. The Kier molecular flexibility index (Phi) is 8.26. The van der Waals surface area contributed by atoms with Gasteiger partial charge in [-0.2, -0.15) is 0 Å². The molecular weight excluding hydrogens is 422 g/mol. The number of methoxy groups -OCH3 is 1. The van der Waals surface area contributed by atoms with E-state index in [1.165, 1.54) is 5.56 Å². The monoisotopic (exact) mass is 455 g/mol. The van der Waals surface area contributed by atoms with Crippen LogP contribution in [0.25, 0.3) is 0 Å². The van der Waals surface area contributed by atoms with Crippen LogP contribution in [-0.4, -0.2) is 42.2 Å². The number of ether oxygens (including phenoxy) is 1. The van der Waals surface area contributed by atoms with Crippen molar-refractivity contribution in [2.45, 2.75) is 50.6 Å². The van der Waals surface area contributed by atoms with Gasteiger partial charge in [0.25, 0.3) is 0 Å². The molecule has 4 heteroatoms. The van der Waals surface area contributed by atoms with E-state index in [0.717, 1.165) is 49.1 Å². The van der Waals surface area contributed by atoms with E-state index >= 15 is 0 Å². The van der Waals surface area contributed by atoms with Crippen LogP contribution in [0.5, 0.6) is 5.75 Å². The number of Topliss-reactive ketones (excluding diaryl/α,β-unsaturated/α-hetero) is 2. The summed E-state index contributed by atoms with van der Waals surface area (Å²) in [6.45, 7) is 0.825. The van der Waals surface area contributed by atoms with Crippen molar-refractivity contribution in [2.75, 3.05) is 13.7 Å². The average molecular weight is 456 g/mol. The molecule has 1 aliphatic rings. The molecule has 1 heterocycles. The molecule has 0 aromatic heterocycles. The Morgan fingerprint density at radius 3 is 1.74 bits per heavy atom. The molecule has 3 aromatic rings. The second-order valence-electron chi connectivity index (χ2n) is 9.06. The lowest BCUT2D eigenvalue weighted by Gasteiger charge is -2.42. The van der Waals surface area contributed by atoms with Gasteiger partial charge in [-0.05, 0) is 37.0 Å². The average Bonchev–Trinajstić information content (AvgIpc) is 2.89. The second-order valence-corrected chi connectivity index (χ2v) is 9.06. The Balaban J connectivity index is 1.50. The Hall–Kier alpha value is -3.24. The van der Waals surface area contributed by atoms with Gasteiger partial charge in [-0.3, -0.25) is 14.5 Å². The minimum absolute atomic E-state index is 0.147. The lowest BCUT2D eigenvalue weighted by Crippen LogP contribution is -2.49. The highest BCUT2D eigenvalue weighted by Gasteiger charge is 2.33. The van der Waals surface area contributed by atoms with Gasteiger partial charge in [-0.15, -0.1) is 0 Å². The van der Waals surface area contributed by atoms with Crippen molar-refractivity contribution in [3.05, 3.63) is 102 Å². The first-order valence-corrected chi connectivity index (χ1v) is 12.2. The van der Waals surface area contributed by atoms with E-state index < -0.39 is 0 Å². The molecule has 0 bridgehead atoms. The van der Waals surface area contributed by atoms with Gasteiger partial charge in [-0.1, -0.05) is 79.2 Å². The number of carbonyl (C=O) groups is 2. The van der Waals surface area contributed by atoms with Crippen molar-refractivity contribution in [2.24, 2.45) is 0 Å². The molecule has 34 heavy (non-hydrogen) atoms. The minimum atomic E-state index is 0.147. The number of ketones is 2. The van der Waals surface area contributed by atoms with Gasteiger partial charge in [0.1, 0.15) is 5.75 Å². The Morgan fingerprint density at radius 1 is 0.765 bits per heavy atom. The van der Waals surface area contributed by atoms with Crippen LogP contribution in [0.15, 0.2) is 84.9 Å². The first-order chi connectivity index (χ1) is 16.6. The van der Waals surface area contributed by atoms with Crippen molar-refractivity contribution in [1.29, 1.82) is 0 Å². The third-order valence-electron chi connectivity index (χ3n) is 6.86. The van der Waals surface area contributed by atoms with Crippen molar-refractivity contribution >= 4 is 11.6 Å². The smallest absolute Gasteiger partial charge is 0.164 e. The fraction of sp³-hybridized carbons (Fsp3) is 0.333. The maximum Gasteiger partial charge on any atom is 0.164 e. The SMILES string of the molecule is COc1ccc(CCN2[C@@H](CC(=O)c3ccccc3)CCC[C@H]2CC(=O)c2ccccc2)cc1. The highest BCUT2D eigenvalue weighted by molar-refractivity contribution is 5.97. The molecule has 3 aromatic carbocycles. The molecule has 2 atom stereocenters. The maximum atomic E-state index is 13.0. The largest absolute Gasteiger partial charge is 0.497 e. The Morgan fingerprint density at radius 2 is 1.26 bits per heavy atom. The zero-order valence-electron chi connectivity index (χ0n) is 19.9. The fourth-order valence-electron chi connectivity index (χ4n) is 4.98. The van der Waals surface area contributed by atoms with Crippen molar-refractivity contribution < 1.29 is 14.3 Å². The molecule has 0 saturated carbocycles. The number of carbonyl (C=O) groups excluding carboxylic acids is 2. The van der Waals surface area contributed by atoms with Crippen molar-refractivity contribution in [3.8, 4) is 5.75 Å². The number of rotatable bonds is 10. The van der Waals surface area contributed by atoms with Gasteiger partial charge >= 0.3 is 0 Å². The summed E-state index contributed by atoms with van der Waals surface area (Å²) >= 11 is 0. The second kappa shape index (κ2) is 11.8. The molecule has 4 rings (SSSR count). The molecule has 1 aliphatic heterocycles.